The molecular formula is C15H18N4S. The third-order valence-corrected chi connectivity index (χ3v) is 4.03. The van der Waals surface area contributed by atoms with Crippen LogP contribution in [0, 0.1) is 0 Å². The third kappa shape index (κ3) is 2.67. The van der Waals surface area contributed by atoms with Crippen molar-refractivity contribution in [1.82, 2.24) is 15.0 Å². The third-order valence-electron chi connectivity index (χ3n) is 3.18. The highest BCUT2D eigenvalue weighted by Crippen LogP contribution is 2.24. The van der Waals surface area contributed by atoms with E-state index in [1.54, 1.807) is 17.7 Å². The van der Waals surface area contributed by atoms with Crippen LogP contribution in [0.3, 0.4) is 0 Å². The summed E-state index contributed by atoms with van der Waals surface area (Å²) >= 11 is 1.71. The fourth-order valence-corrected chi connectivity index (χ4v) is 2.92. The SMILES string of the molecule is CC(C)(C)c1csc(CNc2ccc3nc[nH]c3c2)n1. The Kier molecular flexibility index (Phi) is 3.22. The van der Waals surface area contributed by atoms with Crippen molar-refractivity contribution in [2.75, 3.05) is 5.32 Å². The standard InChI is InChI=1S/C15H18N4S/c1-15(2,3)13-8-20-14(19-13)7-16-10-4-5-11-12(6-10)18-9-17-11/h4-6,8-9,16H,7H2,1-3H3,(H,17,18). The lowest BCUT2D eigenvalue weighted by Gasteiger charge is -2.14. The van der Waals surface area contributed by atoms with Crippen LogP contribution in [0.25, 0.3) is 11.0 Å². The van der Waals surface area contributed by atoms with Gasteiger partial charge in [0, 0.05) is 16.5 Å². The molecule has 0 spiro atoms. The number of thiazole rings is 1. The molecule has 0 saturated heterocycles. The van der Waals surface area contributed by atoms with E-state index in [4.69, 9.17) is 0 Å². The first-order valence-electron chi connectivity index (χ1n) is 6.64. The van der Waals surface area contributed by atoms with Crippen LogP contribution in [0.5, 0.6) is 0 Å². The number of nitrogens with one attached hydrogen (secondary N) is 2. The highest BCUT2D eigenvalue weighted by molar-refractivity contribution is 7.09. The molecule has 0 amide bonds. The molecule has 0 aliphatic heterocycles. The second-order valence-electron chi connectivity index (χ2n) is 5.86. The Hall–Kier alpha value is -1.88. The Balaban J connectivity index is 1.71. The second-order valence-corrected chi connectivity index (χ2v) is 6.81. The van der Waals surface area contributed by atoms with Crippen LogP contribution in [-0.4, -0.2) is 15.0 Å². The maximum absolute atomic E-state index is 4.68. The van der Waals surface area contributed by atoms with Gasteiger partial charge in [0.1, 0.15) is 5.01 Å². The fourth-order valence-electron chi connectivity index (χ4n) is 1.96. The number of H-pyrrole nitrogens is 1. The van der Waals surface area contributed by atoms with Crippen LogP contribution in [0.4, 0.5) is 5.69 Å². The molecule has 0 fully saturated rings. The molecule has 0 bridgehead atoms. The molecule has 5 heteroatoms. The van der Waals surface area contributed by atoms with Crippen LogP contribution < -0.4 is 5.32 Å². The molecule has 0 radical (unpaired) electrons. The molecule has 0 aliphatic carbocycles. The van der Waals surface area contributed by atoms with E-state index in [0.29, 0.717) is 0 Å². The maximum atomic E-state index is 4.68. The Morgan fingerprint density at radius 1 is 1.30 bits per heavy atom. The van der Waals surface area contributed by atoms with Gasteiger partial charge in [-0.2, -0.15) is 0 Å². The van der Waals surface area contributed by atoms with E-state index < -0.39 is 0 Å². The first-order chi connectivity index (χ1) is 9.52. The van der Waals surface area contributed by atoms with Crippen molar-refractivity contribution in [2.24, 2.45) is 0 Å². The summed E-state index contributed by atoms with van der Waals surface area (Å²) in [4.78, 5) is 12.0. The Morgan fingerprint density at radius 2 is 2.15 bits per heavy atom. The predicted octanol–water partition coefficient (Wildman–Crippen LogP) is 3.93. The molecule has 104 valence electrons. The molecule has 1 aromatic carbocycles. The zero-order valence-corrected chi connectivity index (χ0v) is 12.7. The summed E-state index contributed by atoms with van der Waals surface area (Å²) in [5.74, 6) is 0. The van der Waals surface area contributed by atoms with Crippen LogP contribution >= 0.6 is 11.3 Å². The predicted molar refractivity (Wildman–Crippen MR) is 84.2 cm³/mol. The number of hydrogen-bond acceptors (Lipinski definition) is 4. The lowest BCUT2D eigenvalue weighted by Crippen LogP contribution is -2.11. The van der Waals surface area contributed by atoms with Crippen LogP contribution in [-0.2, 0) is 12.0 Å². The molecule has 3 aromatic rings. The van der Waals surface area contributed by atoms with Gasteiger partial charge in [-0.05, 0) is 18.2 Å². The molecule has 20 heavy (non-hydrogen) atoms. The summed E-state index contributed by atoms with van der Waals surface area (Å²) in [6.45, 7) is 7.31. The van der Waals surface area contributed by atoms with E-state index in [9.17, 15) is 0 Å². The number of aromatic amines is 1. The molecule has 3 rings (SSSR count). The van der Waals surface area contributed by atoms with Crippen molar-refractivity contribution in [3.63, 3.8) is 0 Å². The molecule has 4 nitrogen and oxygen atoms in total. The summed E-state index contributed by atoms with van der Waals surface area (Å²) in [7, 11) is 0. The van der Waals surface area contributed by atoms with Crippen molar-refractivity contribution in [2.45, 2.75) is 32.7 Å². The molecule has 0 aliphatic rings. The maximum Gasteiger partial charge on any atom is 0.112 e. The zero-order chi connectivity index (χ0) is 14.2. The normalized spacial score (nSPS) is 11.9. The molecular weight excluding hydrogens is 268 g/mol. The van der Waals surface area contributed by atoms with Crippen LogP contribution in [0.15, 0.2) is 29.9 Å². The highest BCUT2D eigenvalue weighted by atomic mass is 32.1. The Bertz CT molecular complexity index is 721. The van der Waals surface area contributed by atoms with Gasteiger partial charge in [0.05, 0.1) is 29.6 Å². The average Bonchev–Trinajstić information content (AvgIpc) is 3.04. The summed E-state index contributed by atoms with van der Waals surface area (Å²) in [5, 5.41) is 6.67. The lowest BCUT2D eigenvalue weighted by molar-refractivity contribution is 0.571. The fraction of sp³-hybridized carbons (Fsp3) is 0.333. The van der Waals surface area contributed by atoms with E-state index in [0.717, 1.165) is 34.0 Å². The quantitative estimate of drug-likeness (QED) is 0.767. The molecule has 2 N–H and O–H groups in total. The van der Waals surface area contributed by atoms with Crippen LogP contribution in [0.2, 0.25) is 0 Å². The van der Waals surface area contributed by atoms with Gasteiger partial charge in [-0.3, -0.25) is 0 Å². The topological polar surface area (TPSA) is 53.6 Å². The summed E-state index contributed by atoms with van der Waals surface area (Å²) in [6, 6.07) is 6.12. The first-order valence-corrected chi connectivity index (χ1v) is 7.52. The number of anilines is 1. The van der Waals surface area contributed by atoms with Gasteiger partial charge in [0.2, 0.25) is 0 Å². The molecule has 0 saturated carbocycles. The van der Waals surface area contributed by atoms with Crippen molar-refractivity contribution in [3.8, 4) is 0 Å². The number of aromatic nitrogens is 3. The number of hydrogen-bond donors (Lipinski definition) is 2. The zero-order valence-electron chi connectivity index (χ0n) is 11.9. The van der Waals surface area contributed by atoms with Gasteiger partial charge in [0.15, 0.2) is 0 Å². The minimum absolute atomic E-state index is 0.115. The van der Waals surface area contributed by atoms with E-state index in [2.05, 4.69) is 52.5 Å². The summed E-state index contributed by atoms with van der Waals surface area (Å²) in [6.07, 6.45) is 1.71. The van der Waals surface area contributed by atoms with Crippen molar-refractivity contribution < 1.29 is 0 Å². The molecule has 0 atom stereocenters. The average molecular weight is 286 g/mol. The van der Waals surface area contributed by atoms with Gasteiger partial charge in [-0.15, -0.1) is 11.3 Å². The van der Waals surface area contributed by atoms with Crippen molar-refractivity contribution in [3.05, 3.63) is 40.6 Å². The highest BCUT2D eigenvalue weighted by Gasteiger charge is 2.17. The summed E-state index contributed by atoms with van der Waals surface area (Å²) < 4.78 is 0. The van der Waals surface area contributed by atoms with Gasteiger partial charge in [0.25, 0.3) is 0 Å². The Labute approximate surface area is 122 Å². The molecule has 2 heterocycles. The number of benzene rings is 1. The van der Waals surface area contributed by atoms with Crippen molar-refractivity contribution in [1.29, 1.82) is 0 Å². The smallest absolute Gasteiger partial charge is 0.112 e. The monoisotopic (exact) mass is 286 g/mol. The number of rotatable bonds is 3. The summed E-state index contributed by atoms with van der Waals surface area (Å²) in [5.41, 5.74) is 4.38. The van der Waals surface area contributed by atoms with Gasteiger partial charge < -0.3 is 10.3 Å². The number of imidazole rings is 1. The molecule has 0 unspecified atom stereocenters. The largest absolute Gasteiger partial charge is 0.378 e. The Morgan fingerprint density at radius 3 is 2.90 bits per heavy atom. The first kappa shape index (κ1) is 13.1. The van der Waals surface area contributed by atoms with Crippen molar-refractivity contribution >= 4 is 28.1 Å². The van der Waals surface area contributed by atoms with E-state index in [-0.39, 0.29) is 5.41 Å². The number of fused-ring (bicyclic) bond motifs is 1. The molecule has 2 aromatic heterocycles. The minimum atomic E-state index is 0.115. The van der Waals surface area contributed by atoms with Gasteiger partial charge >= 0.3 is 0 Å². The number of nitrogens with zero attached hydrogens (tertiary/aromatic N) is 2. The van der Waals surface area contributed by atoms with Gasteiger partial charge in [-0.25, -0.2) is 9.97 Å². The second kappa shape index (κ2) is 4.90. The van der Waals surface area contributed by atoms with Gasteiger partial charge in [-0.1, -0.05) is 20.8 Å². The van der Waals surface area contributed by atoms with E-state index in [1.807, 2.05) is 12.1 Å². The van der Waals surface area contributed by atoms with E-state index in [1.165, 1.54) is 0 Å². The lowest BCUT2D eigenvalue weighted by atomic mass is 9.93. The van der Waals surface area contributed by atoms with Crippen LogP contribution in [0.1, 0.15) is 31.5 Å². The van der Waals surface area contributed by atoms with E-state index >= 15 is 0 Å². The minimum Gasteiger partial charge on any atom is -0.378 e.